The molecule has 8 heteroatoms. The van der Waals surface area contributed by atoms with E-state index in [0.29, 0.717) is 18.9 Å². The summed E-state index contributed by atoms with van der Waals surface area (Å²) in [4.78, 5) is 10.7. The van der Waals surface area contributed by atoms with E-state index in [2.05, 4.69) is 24.9 Å². The lowest BCUT2D eigenvalue weighted by Gasteiger charge is -2.16. The summed E-state index contributed by atoms with van der Waals surface area (Å²) in [7, 11) is -3.35. The minimum Gasteiger partial charge on any atom is -0.369 e. The van der Waals surface area contributed by atoms with E-state index >= 15 is 0 Å². The zero-order valence-electron chi connectivity index (χ0n) is 15.0. The topological polar surface area (TPSA) is 87.2 Å². The van der Waals surface area contributed by atoms with Crippen LogP contribution in [0.25, 0.3) is 0 Å². The van der Waals surface area contributed by atoms with Gasteiger partial charge in [0.15, 0.2) is 0 Å². The number of benzene rings is 1. The molecule has 140 valence electrons. The summed E-state index contributed by atoms with van der Waals surface area (Å²) in [5.41, 5.74) is 1.89. The Kier molecular flexibility index (Phi) is 6.05. The molecular weight excluding hydrogens is 350 g/mol. The smallest absolute Gasteiger partial charge is 0.215 e. The van der Waals surface area contributed by atoms with Gasteiger partial charge < -0.3 is 10.2 Å². The van der Waals surface area contributed by atoms with Crippen molar-refractivity contribution in [3.05, 3.63) is 47.8 Å². The molecule has 2 aromatic rings. The number of hydrogen-bond acceptors (Lipinski definition) is 6. The van der Waals surface area contributed by atoms with Crippen LogP contribution in [0.15, 0.2) is 36.7 Å². The molecule has 0 bridgehead atoms. The highest BCUT2D eigenvalue weighted by atomic mass is 32.2. The maximum atomic E-state index is 12.2. The molecule has 1 aliphatic rings. The van der Waals surface area contributed by atoms with Crippen molar-refractivity contribution in [3.8, 4) is 0 Å². The Morgan fingerprint density at radius 3 is 2.54 bits per heavy atom. The molecule has 0 amide bonds. The van der Waals surface area contributed by atoms with Crippen LogP contribution in [0.4, 0.5) is 11.6 Å². The Bertz CT molecular complexity index is 818. The molecule has 0 unspecified atom stereocenters. The molecule has 0 aliphatic carbocycles. The average Bonchev–Trinajstić information content (AvgIpc) is 3.16. The van der Waals surface area contributed by atoms with Gasteiger partial charge in [-0.3, -0.25) is 0 Å². The highest BCUT2D eigenvalue weighted by Crippen LogP contribution is 2.19. The first-order valence-corrected chi connectivity index (χ1v) is 10.5. The number of anilines is 2. The van der Waals surface area contributed by atoms with E-state index in [0.717, 1.165) is 30.0 Å². The standard InChI is InChI=1S/C18H25N5O2S/c1-15-4-6-16(7-5-15)13-26(24,25)22-9-8-19-17-12-18(21-14-20-17)23-10-2-3-11-23/h4-7,12,14,22H,2-3,8-11,13H2,1H3,(H,19,20,21). The van der Waals surface area contributed by atoms with Gasteiger partial charge in [-0.05, 0) is 25.3 Å². The van der Waals surface area contributed by atoms with E-state index < -0.39 is 10.0 Å². The van der Waals surface area contributed by atoms with E-state index in [-0.39, 0.29) is 5.75 Å². The molecule has 0 radical (unpaired) electrons. The lowest BCUT2D eigenvalue weighted by atomic mass is 10.2. The number of nitrogens with one attached hydrogen (secondary N) is 2. The van der Waals surface area contributed by atoms with Crippen molar-refractivity contribution in [2.24, 2.45) is 0 Å². The molecule has 26 heavy (non-hydrogen) atoms. The second kappa shape index (κ2) is 8.46. The van der Waals surface area contributed by atoms with Crippen LogP contribution in [-0.2, 0) is 15.8 Å². The Morgan fingerprint density at radius 2 is 1.81 bits per heavy atom. The van der Waals surface area contributed by atoms with Crippen LogP contribution in [0.5, 0.6) is 0 Å². The predicted octanol–water partition coefficient (Wildman–Crippen LogP) is 1.92. The first-order valence-electron chi connectivity index (χ1n) is 8.86. The van der Waals surface area contributed by atoms with Gasteiger partial charge in [0.2, 0.25) is 10.0 Å². The predicted molar refractivity (Wildman–Crippen MR) is 104 cm³/mol. The summed E-state index contributed by atoms with van der Waals surface area (Å²) in [6.07, 6.45) is 3.92. The van der Waals surface area contributed by atoms with E-state index in [9.17, 15) is 8.42 Å². The monoisotopic (exact) mass is 375 g/mol. The Balaban J connectivity index is 1.46. The Labute approximate surface area is 154 Å². The normalized spacial score (nSPS) is 14.6. The van der Waals surface area contributed by atoms with Crippen molar-refractivity contribution in [2.45, 2.75) is 25.5 Å². The average molecular weight is 375 g/mol. The zero-order valence-corrected chi connectivity index (χ0v) is 15.8. The molecule has 0 atom stereocenters. The molecule has 3 rings (SSSR count). The second-order valence-electron chi connectivity index (χ2n) is 6.52. The number of nitrogens with zero attached hydrogens (tertiary/aromatic N) is 3. The van der Waals surface area contributed by atoms with Gasteiger partial charge in [-0.15, -0.1) is 0 Å². The number of hydrogen-bond donors (Lipinski definition) is 2. The van der Waals surface area contributed by atoms with Crippen molar-refractivity contribution >= 4 is 21.7 Å². The van der Waals surface area contributed by atoms with Crippen LogP contribution >= 0.6 is 0 Å². The molecule has 7 nitrogen and oxygen atoms in total. The van der Waals surface area contributed by atoms with Crippen LogP contribution in [0.3, 0.4) is 0 Å². The summed E-state index contributed by atoms with van der Waals surface area (Å²) in [6, 6.07) is 9.42. The first kappa shape index (κ1) is 18.6. The quantitative estimate of drug-likeness (QED) is 0.686. The Morgan fingerprint density at radius 1 is 1.08 bits per heavy atom. The fourth-order valence-electron chi connectivity index (χ4n) is 2.91. The van der Waals surface area contributed by atoms with E-state index in [1.54, 1.807) is 0 Å². The van der Waals surface area contributed by atoms with Crippen LogP contribution < -0.4 is 14.9 Å². The van der Waals surface area contributed by atoms with Gasteiger partial charge in [-0.2, -0.15) is 0 Å². The third kappa shape index (κ3) is 5.40. The third-order valence-electron chi connectivity index (χ3n) is 4.31. The molecule has 2 heterocycles. The van der Waals surface area contributed by atoms with Gasteiger partial charge in [0.05, 0.1) is 5.75 Å². The number of aromatic nitrogens is 2. The molecular formula is C18H25N5O2S. The van der Waals surface area contributed by atoms with E-state index in [1.165, 1.54) is 19.2 Å². The number of sulfonamides is 1. The van der Waals surface area contributed by atoms with Crippen LogP contribution in [0.2, 0.25) is 0 Å². The maximum Gasteiger partial charge on any atom is 0.215 e. The Hall–Kier alpha value is -2.19. The van der Waals surface area contributed by atoms with Gasteiger partial charge in [0.1, 0.15) is 18.0 Å². The highest BCUT2D eigenvalue weighted by molar-refractivity contribution is 7.88. The van der Waals surface area contributed by atoms with Crippen LogP contribution in [0.1, 0.15) is 24.0 Å². The van der Waals surface area contributed by atoms with Gasteiger partial charge in [-0.25, -0.2) is 23.1 Å². The molecule has 2 N–H and O–H groups in total. The van der Waals surface area contributed by atoms with Crippen molar-refractivity contribution in [1.82, 2.24) is 14.7 Å². The summed E-state index contributed by atoms with van der Waals surface area (Å²) >= 11 is 0. The van der Waals surface area contributed by atoms with Crippen LogP contribution in [0, 0.1) is 6.92 Å². The second-order valence-corrected chi connectivity index (χ2v) is 8.33. The molecule has 1 saturated heterocycles. The summed E-state index contributed by atoms with van der Waals surface area (Å²) in [5.74, 6) is 1.61. The first-order chi connectivity index (χ1) is 12.5. The van der Waals surface area contributed by atoms with Crippen molar-refractivity contribution < 1.29 is 8.42 Å². The SMILES string of the molecule is Cc1ccc(CS(=O)(=O)NCCNc2cc(N3CCCC3)ncn2)cc1. The van der Waals surface area contributed by atoms with Crippen LogP contribution in [-0.4, -0.2) is 44.6 Å². The fraction of sp³-hybridized carbons (Fsp3) is 0.444. The summed E-state index contributed by atoms with van der Waals surface area (Å²) in [6.45, 7) is 4.79. The molecule has 1 aromatic heterocycles. The number of rotatable bonds is 8. The van der Waals surface area contributed by atoms with Crippen molar-refractivity contribution in [3.63, 3.8) is 0 Å². The third-order valence-corrected chi connectivity index (χ3v) is 5.67. The molecule has 0 spiro atoms. The molecule has 1 aromatic carbocycles. The zero-order chi connectivity index (χ0) is 18.4. The molecule has 1 fully saturated rings. The summed E-state index contributed by atoms with van der Waals surface area (Å²) < 4.78 is 26.9. The minimum atomic E-state index is -3.35. The minimum absolute atomic E-state index is 0.0140. The van der Waals surface area contributed by atoms with Crippen molar-refractivity contribution in [2.75, 3.05) is 36.4 Å². The van der Waals surface area contributed by atoms with Gasteiger partial charge in [0, 0.05) is 32.2 Å². The largest absolute Gasteiger partial charge is 0.369 e. The van der Waals surface area contributed by atoms with E-state index in [1.807, 2.05) is 37.3 Å². The molecule has 1 aliphatic heterocycles. The highest BCUT2D eigenvalue weighted by Gasteiger charge is 2.14. The maximum absolute atomic E-state index is 12.2. The van der Waals surface area contributed by atoms with Gasteiger partial charge in [0.25, 0.3) is 0 Å². The fourth-order valence-corrected chi connectivity index (χ4v) is 4.06. The lowest BCUT2D eigenvalue weighted by Crippen LogP contribution is -2.30. The van der Waals surface area contributed by atoms with Crippen molar-refractivity contribution in [1.29, 1.82) is 0 Å². The van der Waals surface area contributed by atoms with Gasteiger partial charge in [-0.1, -0.05) is 29.8 Å². The van der Waals surface area contributed by atoms with E-state index in [4.69, 9.17) is 0 Å². The van der Waals surface area contributed by atoms with Gasteiger partial charge >= 0.3 is 0 Å². The lowest BCUT2D eigenvalue weighted by molar-refractivity contribution is 0.582. The molecule has 0 saturated carbocycles. The summed E-state index contributed by atoms with van der Waals surface area (Å²) in [5, 5.41) is 3.15. The number of aryl methyl sites for hydroxylation is 1.